The van der Waals surface area contributed by atoms with Gasteiger partial charge in [-0.25, -0.2) is 9.50 Å². The lowest BCUT2D eigenvalue weighted by Gasteiger charge is -2.16. The summed E-state index contributed by atoms with van der Waals surface area (Å²) < 4.78 is 1.74. The number of hydrogen-bond acceptors (Lipinski definition) is 3. The fourth-order valence-corrected chi connectivity index (χ4v) is 2.87. The van der Waals surface area contributed by atoms with Crippen LogP contribution in [0.5, 0.6) is 0 Å². The zero-order valence-corrected chi connectivity index (χ0v) is 11.8. The van der Waals surface area contributed by atoms with Crippen molar-refractivity contribution in [3.63, 3.8) is 0 Å². The van der Waals surface area contributed by atoms with Crippen LogP contribution in [0.25, 0.3) is 5.65 Å². The van der Waals surface area contributed by atoms with Gasteiger partial charge in [-0.1, -0.05) is 25.7 Å². The van der Waals surface area contributed by atoms with Crippen LogP contribution >= 0.6 is 0 Å². The normalized spacial score (nSPS) is 17.1. The molecule has 1 aliphatic rings. The van der Waals surface area contributed by atoms with Crippen LogP contribution in [0, 0.1) is 6.92 Å². The first-order valence-corrected chi connectivity index (χ1v) is 7.36. The smallest absolute Gasteiger partial charge is 0.270 e. The highest BCUT2D eigenvalue weighted by atomic mass is 16.1. The van der Waals surface area contributed by atoms with Gasteiger partial charge in [0, 0.05) is 17.8 Å². The first kappa shape index (κ1) is 13.1. The number of nitrogens with zero attached hydrogens (tertiary/aromatic N) is 3. The second kappa shape index (κ2) is 5.61. The van der Waals surface area contributed by atoms with Crippen LogP contribution in [0.3, 0.4) is 0 Å². The van der Waals surface area contributed by atoms with Crippen molar-refractivity contribution in [2.45, 2.75) is 51.5 Å². The third-order valence-corrected chi connectivity index (χ3v) is 3.96. The van der Waals surface area contributed by atoms with E-state index >= 15 is 0 Å². The van der Waals surface area contributed by atoms with E-state index in [2.05, 4.69) is 15.4 Å². The third-order valence-electron chi connectivity index (χ3n) is 3.96. The average Bonchev–Trinajstić information content (AvgIpc) is 2.77. The van der Waals surface area contributed by atoms with E-state index in [1.807, 2.05) is 13.0 Å². The minimum atomic E-state index is -0.0660. The van der Waals surface area contributed by atoms with Crippen molar-refractivity contribution < 1.29 is 4.79 Å². The summed E-state index contributed by atoms with van der Waals surface area (Å²) in [6.07, 6.45) is 8.84. The van der Waals surface area contributed by atoms with Gasteiger partial charge in [0.15, 0.2) is 5.65 Å². The van der Waals surface area contributed by atoms with Crippen LogP contribution in [0.2, 0.25) is 0 Å². The number of carbonyl (C=O) groups excluding carboxylic acids is 1. The van der Waals surface area contributed by atoms with E-state index in [0.717, 1.165) is 24.2 Å². The number of carbonyl (C=O) groups is 1. The Hall–Kier alpha value is -1.91. The third kappa shape index (κ3) is 2.66. The summed E-state index contributed by atoms with van der Waals surface area (Å²) in [5, 5.41) is 7.30. The van der Waals surface area contributed by atoms with E-state index in [9.17, 15) is 4.79 Å². The molecule has 0 saturated heterocycles. The van der Waals surface area contributed by atoms with Gasteiger partial charge in [0.2, 0.25) is 0 Å². The van der Waals surface area contributed by atoms with E-state index in [0.29, 0.717) is 11.7 Å². The molecular formula is C15H20N4O. The summed E-state index contributed by atoms with van der Waals surface area (Å²) >= 11 is 0. The second-order valence-corrected chi connectivity index (χ2v) is 5.55. The molecule has 2 aromatic rings. The van der Waals surface area contributed by atoms with Crippen molar-refractivity contribution in [1.29, 1.82) is 0 Å². The molecule has 2 aromatic heterocycles. The Labute approximate surface area is 118 Å². The first-order chi connectivity index (χ1) is 9.74. The van der Waals surface area contributed by atoms with Gasteiger partial charge < -0.3 is 5.32 Å². The molecule has 0 spiro atoms. The Morgan fingerprint density at radius 1 is 1.30 bits per heavy atom. The molecule has 106 valence electrons. The summed E-state index contributed by atoms with van der Waals surface area (Å²) in [6, 6.07) is 3.91. The van der Waals surface area contributed by atoms with E-state index in [-0.39, 0.29) is 5.91 Å². The van der Waals surface area contributed by atoms with Gasteiger partial charge in [-0.3, -0.25) is 4.79 Å². The highest BCUT2D eigenvalue weighted by molar-refractivity contribution is 5.93. The molecule has 1 fully saturated rings. The molecule has 0 atom stereocenters. The van der Waals surface area contributed by atoms with Crippen molar-refractivity contribution in [1.82, 2.24) is 19.9 Å². The molecule has 3 rings (SSSR count). The quantitative estimate of drug-likeness (QED) is 0.854. The van der Waals surface area contributed by atoms with E-state index in [1.165, 1.54) is 25.7 Å². The predicted octanol–water partition coefficient (Wildman–Crippen LogP) is 2.49. The van der Waals surface area contributed by atoms with Gasteiger partial charge >= 0.3 is 0 Å². The fraction of sp³-hybridized carbons (Fsp3) is 0.533. The molecule has 0 unspecified atom stereocenters. The first-order valence-electron chi connectivity index (χ1n) is 7.36. The predicted molar refractivity (Wildman–Crippen MR) is 76.7 cm³/mol. The topological polar surface area (TPSA) is 59.3 Å². The zero-order chi connectivity index (χ0) is 13.9. The molecule has 20 heavy (non-hydrogen) atoms. The van der Waals surface area contributed by atoms with Gasteiger partial charge in [0.1, 0.15) is 5.69 Å². The van der Waals surface area contributed by atoms with Crippen LogP contribution < -0.4 is 5.32 Å². The molecule has 1 aliphatic carbocycles. The molecule has 0 bridgehead atoms. The molecule has 5 heteroatoms. The average molecular weight is 272 g/mol. The molecule has 0 aromatic carbocycles. The second-order valence-electron chi connectivity index (χ2n) is 5.55. The number of aromatic nitrogens is 3. The Morgan fingerprint density at radius 2 is 2.05 bits per heavy atom. The van der Waals surface area contributed by atoms with Gasteiger partial charge in [-0.05, 0) is 25.8 Å². The van der Waals surface area contributed by atoms with Gasteiger partial charge in [-0.2, -0.15) is 5.10 Å². The van der Waals surface area contributed by atoms with Crippen molar-refractivity contribution >= 4 is 11.6 Å². The maximum Gasteiger partial charge on any atom is 0.270 e. The number of aryl methyl sites for hydroxylation is 1. The minimum absolute atomic E-state index is 0.0660. The molecule has 1 saturated carbocycles. The van der Waals surface area contributed by atoms with E-state index < -0.39 is 0 Å². The lowest BCUT2D eigenvalue weighted by molar-refractivity contribution is 0.0928. The lowest BCUT2D eigenvalue weighted by atomic mass is 10.1. The summed E-state index contributed by atoms with van der Waals surface area (Å²) in [4.78, 5) is 16.7. The standard InChI is InChI=1S/C15H20N4O/c1-11-10-13(18-14-8-9-16-19(11)14)15(20)17-12-6-4-2-3-5-7-12/h8-10,12H,2-7H2,1H3,(H,17,20). The Kier molecular flexibility index (Phi) is 3.67. The van der Waals surface area contributed by atoms with Crippen LogP contribution in [0.4, 0.5) is 0 Å². The number of hydrogen-bond donors (Lipinski definition) is 1. The molecule has 1 N–H and O–H groups in total. The van der Waals surface area contributed by atoms with Gasteiger partial charge in [0.25, 0.3) is 5.91 Å². The van der Waals surface area contributed by atoms with Crippen molar-refractivity contribution in [2.75, 3.05) is 0 Å². The maximum atomic E-state index is 12.3. The van der Waals surface area contributed by atoms with E-state index in [4.69, 9.17) is 0 Å². The van der Waals surface area contributed by atoms with Crippen LogP contribution in [0.1, 0.15) is 54.7 Å². The number of nitrogens with one attached hydrogen (secondary N) is 1. The number of fused-ring (bicyclic) bond motifs is 1. The SMILES string of the molecule is Cc1cc(C(=O)NC2CCCCCC2)nc2ccnn12. The van der Waals surface area contributed by atoms with Crippen molar-refractivity contribution in [3.8, 4) is 0 Å². The highest BCUT2D eigenvalue weighted by Gasteiger charge is 2.17. The molecule has 0 radical (unpaired) electrons. The monoisotopic (exact) mass is 272 g/mol. The Balaban J connectivity index is 1.77. The molecular weight excluding hydrogens is 252 g/mol. The molecule has 2 heterocycles. The van der Waals surface area contributed by atoms with Crippen LogP contribution in [-0.2, 0) is 0 Å². The summed E-state index contributed by atoms with van der Waals surface area (Å²) in [6.45, 7) is 1.93. The zero-order valence-electron chi connectivity index (χ0n) is 11.8. The van der Waals surface area contributed by atoms with Gasteiger partial charge in [-0.15, -0.1) is 0 Å². The Bertz CT molecular complexity index is 611. The van der Waals surface area contributed by atoms with Crippen LogP contribution in [0.15, 0.2) is 18.3 Å². The summed E-state index contributed by atoms with van der Waals surface area (Å²) in [7, 11) is 0. The summed E-state index contributed by atoms with van der Waals surface area (Å²) in [5.41, 5.74) is 2.13. The highest BCUT2D eigenvalue weighted by Crippen LogP contribution is 2.17. The largest absolute Gasteiger partial charge is 0.348 e. The molecule has 1 amide bonds. The fourth-order valence-electron chi connectivity index (χ4n) is 2.87. The van der Waals surface area contributed by atoms with Gasteiger partial charge in [0.05, 0.1) is 6.20 Å². The van der Waals surface area contributed by atoms with Crippen molar-refractivity contribution in [2.24, 2.45) is 0 Å². The van der Waals surface area contributed by atoms with E-state index in [1.54, 1.807) is 16.8 Å². The maximum absolute atomic E-state index is 12.3. The Morgan fingerprint density at radius 3 is 2.80 bits per heavy atom. The lowest BCUT2D eigenvalue weighted by Crippen LogP contribution is -2.35. The van der Waals surface area contributed by atoms with Crippen LogP contribution in [-0.4, -0.2) is 26.5 Å². The minimum Gasteiger partial charge on any atom is -0.348 e. The van der Waals surface area contributed by atoms with Crippen molar-refractivity contribution in [3.05, 3.63) is 29.7 Å². The number of rotatable bonds is 2. The molecule has 0 aliphatic heterocycles. The summed E-state index contributed by atoms with van der Waals surface area (Å²) in [5.74, 6) is -0.0660. The molecule has 5 nitrogen and oxygen atoms in total. The number of amides is 1.